The van der Waals surface area contributed by atoms with Gasteiger partial charge in [-0.3, -0.25) is 4.90 Å². The van der Waals surface area contributed by atoms with Crippen molar-refractivity contribution in [3.63, 3.8) is 0 Å². The van der Waals surface area contributed by atoms with E-state index in [9.17, 15) is 4.79 Å². The van der Waals surface area contributed by atoms with Gasteiger partial charge in [-0.1, -0.05) is 30.3 Å². The van der Waals surface area contributed by atoms with Crippen LogP contribution in [-0.4, -0.2) is 43.2 Å². The number of rotatable bonds is 4. The van der Waals surface area contributed by atoms with Gasteiger partial charge in [0.15, 0.2) is 0 Å². The first kappa shape index (κ1) is 17.3. The predicted octanol–water partition coefficient (Wildman–Crippen LogP) is 3.60. The van der Waals surface area contributed by atoms with E-state index in [-0.39, 0.29) is 6.03 Å². The molecule has 1 fully saturated rings. The highest BCUT2D eigenvalue weighted by Crippen LogP contribution is 2.23. The molecule has 2 aromatic rings. The minimum absolute atomic E-state index is 0.0325. The van der Waals surface area contributed by atoms with E-state index in [0.29, 0.717) is 11.8 Å². The van der Waals surface area contributed by atoms with Gasteiger partial charge in [0, 0.05) is 26.2 Å². The van der Waals surface area contributed by atoms with Crippen molar-refractivity contribution in [3.8, 4) is 5.88 Å². The van der Waals surface area contributed by atoms with Gasteiger partial charge in [-0.05, 0) is 36.8 Å². The van der Waals surface area contributed by atoms with Crippen LogP contribution in [0.25, 0.3) is 0 Å². The smallest absolute Gasteiger partial charge is 0.324 e. The molecule has 1 aliphatic rings. The quantitative estimate of drug-likeness (QED) is 0.855. The van der Waals surface area contributed by atoms with Gasteiger partial charge < -0.3 is 9.64 Å². The molecule has 0 saturated carbocycles. The van der Waals surface area contributed by atoms with Crippen LogP contribution in [0.1, 0.15) is 18.4 Å². The van der Waals surface area contributed by atoms with E-state index < -0.39 is 0 Å². The van der Waals surface area contributed by atoms with Crippen molar-refractivity contribution in [2.75, 3.05) is 32.1 Å². The van der Waals surface area contributed by atoms with Gasteiger partial charge in [0.1, 0.15) is 0 Å². The van der Waals surface area contributed by atoms with E-state index in [1.54, 1.807) is 31.3 Å². The van der Waals surface area contributed by atoms with Gasteiger partial charge in [-0.2, -0.15) is 0 Å². The summed E-state index contributed by atoms with van der Waals surface area (Å²) >= 11 is 0. The number of amides is 2. The van der Waals surface area contributed by atoms with Gasteiger partial charge in [0.2, 0.25) is 5.88 Å². The Morgan fingerprint density at radius 1 is 1.20 bits per heavy atom. The van der Waals surface area contributed by atoms with E-state index in [0.717, 1.165) is 38.0 Å². The van der Waals surface area contributed by atoms with Gasteiger partial charge in [-0.25, -0.2) is 9.78 Å². The number of likely N-dealkylation sites (tertiary alicyclic amines) is 1. The predicted molar refractivity (Wildman–Crippen MR) is 99.0 cm³/mol. The average Bonchev–Trinajstić information content (AvgIpc) is 2.68. The lowest BCUT2D eigenvalue weighted by molar-refractivity contribution is 0.177. The second kappa shape index (κ2) is 8.01. The highest BCUT2D eigenvalue weighted by Gasteiger charge is 2.25. The third-order valence-corrected chi connectivity index (χ3v) is 4.86. The van der Waals surface area contributed by atoms with Crippen LogP contribution in [0.5, 0.6) is 5.88 Å². The number of benzene rings is 1. The number of anilines is 1. The minimum Gasteiger partial charge on any atom is -0.481 e. The molecule has 5 heteroatoms. The summed E-state index contributed by atoms with van der Waals surface area (Å²) in [4.78, 5) is 20.5. The zero-order chi connectivity index (χ0) is 17.6. The molecule has 0 unspecified atom stereocenters. The lowest BCUT2D eigenvalue weighted by Crippen LogP contribution is -2.45. The molecule has 3 rings (SSSR count). The van der Waals surface area contributed by atoms with Gasteiger partial charge in [0.05, 0.1) is 19.0 Å². The summed E-state index contributed by atoms with van der Waals surface area (Å²) in [6, 6.07) is 14.2. The summed E-state index contributed by atoms with van der Waals surface area (Å²) in [7, 11) is 3.37. The number of pyridine rings is 1. The molecule has 132 valence electrons. The first-order chi connectivity index (χ1) is 12.2. The molecule has 25 heavy (non-hydrogen) atoms. The third-order valence-electron chi connectivity index (χ3n) is 4.86. The summed E-state index contributed by atoms with van der Waals surface area (Å²) in [5.74, 6) is 1.20. The Kier molecular flexibility index (Phi) is 5.53. The van der Waals surface area contributed by atoms with Crippen molar-refractivity contribution < 1.29 is 9.53 Å². The van der Waals surface area contributed by atoms with Crippen molar-refractivity contribution in [1.29, 1.82) is 0 Å². The number of methoxy groups -OCH3 is 1. The van der Waals surface area contributed by atoms with Gasteiger partial charge in [-0.15, -0.1) is 0 Å². The number of carbonyl (C=O) groups excluding carboxylic acids is 1. The fourth-order valence-corrected chi connectivity index (χ4v) is 3.29. The molecule has 1 aromatic heterocycles. The first-order valence-electron chi connectivity index (χ1n) is 8.74. The van der Waals surface area contributed by atoms with Crippen LogP contribution in [0.3, 0.4) is 0 Å². The molecule has 0 N–H and O–H groups in total. The molecule has 2 amide bonds. The van der Waals surface area contributed by atoms with Crippen molar-refractivity contribution in [3.05, 3.63) is 54.2 Å². The highest BCUT2D eigenvalue weighted by molar-refractivity contribution is 5.91. The maximum absolute atomic E-state index is 12.7. The summed E-state index contributed by atoms with van der Waals surface area (Å²) in [5, 5.41) is 0. The summed E-state index contributed by atoms with van der Waals surface area (Å²) in [5.41, 5.74) is 2.16. The summed E-state index contributed by atoms with van der Waals surface area (Å²) in [6.45, 7) is 1.62. The van der Waals surface area contributed by atoms with E-state index in [4.69, 9.17) is 4.74 Å². The van der Waals surface area contributed by atoms with Crippen molar-refractivity contribution in [2.45, 2.75) is 19.3 Å². The Bertz CT molecular complexity index is 680. The molecule has 0 bridgehead atoms. The van der Waals surface area contributed by atoms with Gasteiger partial charge >= 0.3 is 6.03 Å². The van der Waals surface area contributed by atoms with Crippen LogP contribution in [0.2, 0.25) is 0 Å². The monoisotopic (exact) mass is 339 g/mol. The molecule has 0 atom stereocenters. The van der Waals surface area contributed by atoms with Crippen molar-refractivity contribution >= 4 is 11.7 Å². The number of hydrogen-bond acceptors (Lipinski definition) is 3. The van der Waals surface area contributed by atoms with Crippen molar-refractivity contribution in [1.82, 2.24) is 9.88 Å². The summed E-state index contributed by atoms with van der Waals surface area (Å²) < 4.78 is 5.06. The average molecular weight is 339 g/mol. The standard InChI is InChI=1S/C20H25N3O2/c1-22(18-8-9-19(25-2)21-15-18)20(24)23-12-10-17(11-13-23)14-16-6-4-3-5-7-16/h3-9,15,17H,10-14H2,1-2H3. The molecule has 0 aliphatic carbocycles. The highest BCUT2D eigenvalue weighted by atomic mass is 16.5. The third kappa shape index (κ3) is 4.29. The zero-order valence-corrected chi connectivity index (χ0v) is 14.9. The molecule has 1 aliphatic heterocycles. The van der Waals surface area contributed by atoms with E-state index in [1.165, 1.54) is 5.56 Å². The van der Waals surface area contributed by atoms with E-state index >= 15 is 0 Å². The molecule has 1 aromatic carbocycles. The summed E-state index contributed by atoms with van der Waals surface area (Å²) in [6.07, 6.45) is 4.87. The van der Waals surface area contributed by atoms with Gasteiger partial charge in [0.25, 0.3) is 0 Å². The maximum Gasteiger partial charge on any atom is 0.324 e. The molecule has 1 saturated heterocycles. The zero-order valence-electron chi connectivity index (χ0n) is 14.9. The van der Waals surface area contributed by atoms with Crippen LogP contribution < -0.4 is 9.64 Å². The van der Waals surface area contributed by atoms with Crippen LogP contribution in [0, 0.1) is 5.92 Å². The van der Waals surface area contributed by atoms with Crippen molar-refractivity contribution in [2.24, 2.45) is 5.92 Å². The number of hydrogen-bond donors (Lipinski definition) is 0. The van der Waals surface area contributed by atoms with E-state index in [1.807, 2.05) is 11.0 Å². The SMILES string of the molecule is COc1ccc(N(C)C(=O)N2CCC(Cc3ccccc3)CC2)cn1. The van der Waals surface area contributed by atoms with E-state index in [2.05, 4.69) is 35.3 Å². The Morgan fingerprint density at radius 2 is 1.92 bits per heavy atom. The molecule has 2 heterocycles. The topological polar surface area (TPSA) is 45.7 Å². The van der Waals surface area contributed by atoms with Crippen LogP contribution in [-0.2, 0) is 6.42 Å². The number of aromatic nitrogens is 1. The number of ether oxygens (including phenoxy) is 1. The normalized spacial score (nSPS) is 15.0. The number of piperidine rings is 1. The lowest BCUT2D eigenvalue weighted by Gasteiger charge is -2.34. The maximum atomic E-state index is 12.7. The second-order valence-corrected chi connectivity index (χ2v) is 6.52. The Labute approximate surface area is 149 Å². The molecule has 0 spiro atoms. The Balaban J connectivity index is 1.53. The van der Waals surface area contributed by atoms with Crippen LogP contribution >= 0.6 is 0 Å². The fourth-order valence-electron chi connectivity index (χ4n) is 3.29. The number of nitrogens with zero attached hydrogens (tertiary/aromatic N) is 3. The largest absolute Gasteiger partial charge is 0.481 e. The lowest BCUT2D eigenvalue weighted by atomic mass is 9.90. The Morgan fingerprint density at radius 3 is 2.52 bits per heavy atom. The van der Waals surface area contributed by atoms with Crippen LogP contribution in [0.4, 0.5) is 10.5 Å². The minimum atomic E-state index is 0.0325. The number of urea groups is 1. The molecular formula is C20H25N3O2. The number of carbonyl (C=O) groups is 1. The van der Waals surface area contributed by atoms with Crippen LogP contribution in [0.15, 0.2) is 48.7 Å². The molecular weight excluding hydrogens is 314 g/mol. The second-order valence-electron chi connectivity index (χ2n) is 6.52. The molecule has 0 radical (unpaired) electrons. The first-order valence-corrected chi connectivity index (χ1v) is 8.74. The Hall–Kier alpha value is -2.56. The fraction of sp³-hybridized carbons (Fsp3) is 0.400. The molecule has 5 nitrogen and oxygen atoms in total.